The second-order valence-corrected chi connectivity index (χ2v) is 30.8. The molecular weight excluding hydrogens is 898 g/mol. The molecule has 0 radical (unpaired) electrons. The summed E-state index contributed by atoms with van der Waals surface area (Å²) in [6, 6.07) is 23.6. The Bertz CT molecular complexity index is 2180. The maximum absolute atomic E-state index is 15.8. The molecule has 0 saturated carbocycles. The molecule has 0 amide bonds. The molecule has 0 fully saturated rings. The number of phosphoric acid groups is 2. The molecule has 0 N–H and O–H groups in total. The molecule has 11 heteroatoms. The van der Waals surface area contributed by atoms with Crippen molar-refractivity contribution in [3.05, 3.63) is 117 Å². The summed E-state index contributed by atoms with van der Waals surface area (Å²) >= 11 is 0.0359. The molecule has 0 aromatic heterocycles. The topological polar surface area (TPSA) is 89.5 Å². The van der Waals surface area contributed by atoms with Crippen molar-refractivity contribution < 1.29 is 36.3 Å². The second-order valence-electron chi connectivity index (χ2n) is 26.9. The first kappa shape index (κ1) is 58.0. The van der Waals surface area contributed by atoms with E-state index in [1.54, 1.807) is 0 Å². The van der Waals surface area contributed by atoms with Crippen molar-refractivity contribution in [2.45, 2.75) is 213 Å². The fourth-order valence-electron chi connectivity index (χ4n) is 7.64. The van der Waals surface area contributed by atoms with E-state index < -0.39 is 40.8 Å². The summed E-state index contributed by atoms with van der Waals surface area (Å²) in [6.07, 6.45) is 0. The normalized spacial score (nSPS) is 14.0. The Labute approximate surface area is 430 Å². The van der Waals surface area contributed by atoms with Crippen molar-refractivity contribution >= 4 is 43.6 Å². The quantitative estimate of drug-likeness (QED) is 0.0788. The van der Waals surface area contributed by atoms with E-state index in [0.29, 0.717) is 23.0 Å². The molecule has 372 valence electrons. The average molecular weight is 983 g/mol. The van der Waals surface area contributed by atoms with Crippen LogP contribution in [0.1, 0.15) is 211 Å². The van der Waals surface area contributed by atoms with Gasteiger partial charge in [-0.05, 0) is 0 Å². The summed E-state index contributed by atoms with van der Waals surface area (Å²) in [7, 11) is -9.44. The van der Waals surface area contributed by atoms with Crippen molar-refractivity contribution in [3.63, 3.8) is 0 Å². The summed E-state index contributed by atoms with van der Waals surface area (Å²) < 4.78 is 69.7. The van der Waals surface area contributed by atoms with Crippen molar-refractivity contribution in [3.8, 4) is 23.0 Å². The first-order valence-corrected chi connectivity index (χ1v) is 28.4. The fourth-order valence-corrected chi connectivity index (χ4v) is 11.9. The van der Waals surface area contributed by atoms with Gasteiger partial charge in [0, 0.05) is 0 Å². The summed E-state index contributed by atoms with van der Waals surface area (Å²) in [5.74, 6) is 1.35. The van der Waals surface area contributed by atoms with E-state index in [4.69, 9.17) is 27.1 Å². The van der Waals surface area contributed by atoms with Gasteiger partial charge in [-0.2, -0.15) is 0 Å². The summed E-state index contributed by atoms with van der Waals surface area (Å²) in [5.41, 5.74) is 5.27. The van der Waals surface area contributed by atoms with Crippen LogP contribution in [0.15, 0.2) is 72.8 Å². The van der Waals surface area contributed by atoms with Gasteiger partial charge in [0.1, 0.15) is 0 Å². The Balaban J connectivity index is 1.98. The van der Waals surface area contributed by atoms with Crippen LogP contribution in [0.4, 0.5) is 0 Å². The van der Waals surface area contributed by atoms with Gasteiger partial charge in [-0.25, -0.2) is 0 Å². The number of hydrogen-bond acceptors (Lipinski definition) is 8. The Morgan fingerprint density at radius 2 is 0.500 bits per heavy atom. The minimum atomic E-state index is -4.72. The Kier molecular flexibility index (Phi) is 16.9. The van der Waals surface area contributed by atoms with Crippen LogP contribution in [0.2, 0.25) is 0 Å². The Hall–Kier alpha value is -2.54. The molecule has 4 rings (SSSR count). The fraction of sp³-hybridized carbons (Fsp3) is 0.579. The van der Waals surface area contributed by atoms with Gasteiger partial charge in [0.15, 0.2) is 0 Å². The molecule has 8 nitrogen and oxygen atoms in total. The zero-order valence-electron chi connectivity index (χ0n) is 46.7. The van der Waals surface area contributed by atoms with Gasteiger partial charge in [0.05, 0.1) is 0 Å². The summed E-state index contributed by atoms with van der Waals surface area (Å²) in [5, 5.41) is 0. The van der Waals surface area contributed by atoms with Crippen molar-refractivity contribution in [2.24, 2.45) is 0 Å². The first-order valence-electron chi connectivity index (χ1n) is 24.3. The number of rotatable bonds is 12. The Morgan fingerprint density at radius 1 is 0.324 bits per heavy atom. The average Bonchev–Trinajstić information content (AvgIpc) is 3.11. The van der Waals surface area contributed by atoms with E-state index >= 15 is 9.13 Å². The van der Waals surface area contributed by atoms with Crippen LogP contribution in [0.25, 0.3) is 0 Å². The minimum absolute atomic E-state index is 0.0359. The standard InChI is InChI=1S/C57H85O8P2.Na/c1-50(2,3)38-25-29-46(42(33-38)54(13,14)15)62-66(58,63-47-30-26-39(51(4,5)6)34-43(47)55(16,17)18)60-37-61-67(59,64-48-31-27-40(52(7,8)9)35-44(48)56(19,20)21)65-49-32-28-41(53(10,11)12)36-45(49)57(22,23)24;/h25-37H,1-24H3;. The van der Waals surface area contributed by atoms with E-state index in [0.717, 1.165) is 44.5 Å². The third-order valence-electron chi connectivity index (χ3n) is 12.0. The van der Waals surface area contributed by atoms with E-state index in [-0.39, 0.29) is 49.6 Å². The van der Waals surface area contributed by atoms with Crippen LogP contribution in [0.3, 0.4) is 0 Å². The molecule has 0 aliphatic carbocycles. The summed E-state index contributed by atoms with van der Waals surface area (Å²) in [4.78, 5) is 0. The van der Waals surface area contributed by atoms with Gasteiger partial charge >= 0.3 is 433 Å². The van der Waals surface area contributed by atoms with Crippen molar-refractivity contribution in [1.29, 1.82) is 0 Å². The van der Waals surface area contributed by atoms with Crippen LogP contribution in [-0.4, -0.2) is 31.5 Å². The summed E-state index contributed by atoms with van der Waals surface area (Å²) in [6.45, 7) is 50.8. The van der Waals surface area contributed by atoms with Crippen LogP contribution >= 0.6 is 15.6 Å². The van der Waals surface area contributed by atoms with Crippen molar-refractivity contribution in [1.82, 2.24) is 0 Å². The monoisotopic (exact) mass is 983 g/mol. The zero-order valence-corrected chi connectivity index (χ0v) is 50.5. The molecule has 68 heavy (non-hydrogen) atoms. The van der Waals surface area contributed by atoms with E-state index in [2.05, 4.69) is 190 Å². The van der Waals surface area contributed by atoms with Crippen LogP contribution in [0, 0.1) is 0 Å². The molecule has 0 bridgehead atoms. The number of benzene rings is 4. The molecule has 0 aliphatic heterocycles. The van der Waals surface area contributed by atoms with E-state index in [1.165, 1.54) is 0 Å². The van der Waals surface area contributed by atoms with Crippen molar-refractivity contribution in [2.75, 3.05) is 0 Å². The molecule has 0 spiro atoms. The van der Waals surface area contributed by atoms with Crippen LogP contribution in [-0.2, 0) is 61.5 Å². The molecule has 0 saturated heterocycles. The van der Waals surface area contributed by atoms with Gasteiger partial charge in [0.25, 0.3) is 0 Å². The van der Waals surface area contributed by atoms with Gasteiger partial charge in [-0.3, -0.25) is 0 Å². The van der Waals surface area contributed by atoms with Gasteiger partial charge < -0.3 is 0 Å². The number of hydrogen-bond donors (Lipinski definition) is 0. The van der Waals surface area contributed by atoms with E-state index in [9.17, 15) is 0 Å². The third kappa shape index (κ3) is 15.2. The predicted molar refractivity (Wildman–Crippen MR) is 285 cm³/mol. The molecule has 4 aromatic rings. The second kappa shape index (κ2) is 19.8. The van der Waals surface area contributed by atoms with Gasteiger partial charge in [0.2, 0.25) is 0 Å². The van der Waals surface area contributed by atoms with Gasteiger partial charge in [-0.1, -0.05) is 0 Å². The zero-order chi connectivity index (χ0) is 52.2. The SMILES string of the molecule is CC(C)(C)c1ccc(OP(=O)(Oc2ccc(C(C)(C)C)cc2C(C)(C)C)O[CH]([Na])OP(=O)(Oc2ccc(C(C)(C)C)cc2C(C)(C)C)Oc2ccc(C(C)(C)C)cc2C(C)(C)C)c(C(C)(C)C)c1. The maximum atomic E-state index is 15.8. The third-order valence-corrected chi connectivity index (χ3v) is 16.1. The molecule has 0 atom stereocenters. The molecule has 0 unspecified atom stereocenters. The molecule has 0 heterocycles. The predicted octanol–water partition coefficient (Wildman–Crippen LogP) is 17.4. The molecule has 4 aromatic carbocycles. The number of phosphoric ester groups is 2. The molecular formula is C57H85NaO8P2. The first-order chi connectivity index (χ1) is 30.3. The van der Waals surface area contributed by atoms with Crippen LogP contribution in [0.5, 0.6) is 23.0 Å². The van der Waals surface area contributed by atoms with Gasteiger partial charge in [-0.15, -0.1) is 0 Å². The van der Waals surface area contributed by atoms with Crippen LogP contribution < -0.4 is 18.1 Å². The van der Waals surface area contributed by atoms with E-state index in [1.807, 2.05) is 48.5 Å². The Morgan fingerprint density at radius 3 is 0.647 bits per heavy atom. The molecule has 0 aliphatic rings.